The van der Waals surface area contributed by atoms with E-state index in [-0.39, 0.29) is 24.0 Å². The van der Waals surface area contributed by atoms with Crippen LogP contribution in [0.25, 0.3) is 22.3 Å². The number of aromatic hydroxyl groups is 1. The number of amides is 3. The van der Waals surface area contributed by atoms with E-state index >= 15 is 0 Å². The highest BCUT2D eigenvalue weighted by molar-refractivity contribution is 6.05. The monoisotopic (exact) mass is 735 g/mol. The number of nitrogens with one attached hydrogen (secondary N) is 1. The number of ether oxygens (including phenoxy) is 2. The van der Waals surface area contributed by atoms with E-state index in [1.54, 1.807) is 23.1 Å². The van der Waals surface area contributed by atoms with Gasteiger partial charge >= 0.3 is 0 Å². The summed E-state index contributed by atoms with van der Waals surface area (Å²) in [4.78, 5) is 38.7. The van der Waals surface area contributed by atoms with Gasteiger partial charge in [-0.3, -0.25) is 19.7 Å². The van der Waals surface area contributed by atoms with Crippen LogP contribution < -0.4 is 20.5 Å². The minimum Gasteiger partial charge on any atom is -0.508 e. The van der Waals surface area contributed by atoms with Gasteiger partial charge < -0.3 is 25.2 Å². The van der Waals surface area contributed by atoms with Crippen molar-refractivity contribution in [2.24, 2.45) is 0 Å². The van der Waals surface area contributed by atoms with Gasteiger partial charge in [-0.15, -0.1) is 0 Å². The highest BCUT2D eigenvalue weighted by atomic mass is 16.5. The third-order valence-electron chi connectivity index (χ3n) is 10.3. The van der Waals surface area contributed by atoms with Gasteiger partial charge in [-0.25, -0.2) is 0 Å². The number of nitrogens with zero attached hydrogens (tertiary/aromatic N) is 1. The predicted octanol–water partition coefficient (Wildman–Crippen LogP) is 8.40. The number of phenols is 1. The Hall–Kier alpha value is -6.35. The van der Waals surface area contributed by atoms with Crippen LogP contribution in [-0.2, 0) is 16.1 Å². The Bertz CT molecular complexity index is 2210. The molecule has 0 spiro atoms. The highest BCUT2D eigenvalue weighted by Crippen LogP contribution is 2.36. The van der Waals surface area contributed by atoms with Crippen LogP contribution in [0, 0.1) is 0 Å². The van der Waals surface area contributed by atoms with Gasteiger partial charge in [-0.1, -0.05) is 73.7 Å². The Morgan fingerprint density at radius 3 is 2.16 bits per heavy atom. The van der Waals surface area contributed by atoms with Crippen LogP contribution in [0.15, 0.2) is 115 Å². The molecular formula is C46H45N3O6. The molecule has 0 saturated carbocycles. The molecule has 55 heavy (non-hydrogen) atoms. The molecule has 7 rings (SSSR count). The fourth-order valence-electron chi connectivity index (χ4n) is 7.37. The molecule has 9 heteroatoms. The number of piperidine rings is 1. The van der Waals surface area contributed by atoms with Gasteiger partial charge in [0.25, 0.3) is 5.91 Å². The number of phenolic OH excluding ortho intramolecular Hbond substituents is 1. The predicted molar refractivity (Wildman–Crippen MR) is 214 cm³/mol. The summed E-state index contributed by atoms with van der Waals surface area (Å²) in [5.74, 6) is 0.738. The zero-order valence-electron chi connectivity index (χ0n) is 30.9. The second kappa shape index (κ2) is 16.8. The molecule has 0 bridgehead atoms. The normalized spacial score (nSPS) is 15.7. The lowest BCUT2D eigenvalue weighted by atomic mass is 9.88. The van der Waals surface area contributed by atoms with E-state index in [9.17, 15) is 19.5 Å². The first-order valence-corrected chi connectivity index (χ1v) is 18.9. The molecule has 0 aromatic heterocycles. The molecule has 5 aromatic rings. The van der Waals surface area contributed by atoms with Crippen molar-refractivity contribution in [1.82, 2.24) is 10.2 Å². The van der Waals surface area contributed by atoms with Gasteiger partial charge in [0.05, 0.1) is 18.9 Å². The van der Waals surface area contributed by atoms with Gasteiger partial charge in [0.1, 0.15) is 23.3 Å². The second-order valence-corrected chi connectivity index (χ2v) is 13.9. The summed E-state index contributed by atoms with van der Waals surface area (Å²) >= 11 is 0. The average molecular weight is 736 g/mol. The first kappa shape index (κ1) is 37.0. The molecule has 5 aromatic carbocycles. The fraction of sp³-hybridized carbons (Fsp3) is 0.239. The molecule has 2 heterocycles. The molecule has 1 unspecified atom stereocenters. The zero-order chi connectivity index (χ0) is 38.3. The van der Waals surface area contributed by atoms with Crippen molar-refractivity contribution < 1.29 is 29.0 Å². The quantitative estimate of drug-likeness (QED) is 0.0452. The van der Waals surface area contributed by atoms with E-state index in [0.717, 1.165) is 64.8 Å². The molecule has 0 aliphatic carbocycles. The average Bonchev–Trinajstić information content (AvgIpc) is 3.53. The van der Waals surface area contributed by atoms with E-state index in [1.807, 2.05) is 60.7 Å². The fourth-order valence-corrected chi connectivity index (χ4v) is 7.37. The number of nitrogen functional groups attached to an aromatic ring is 1. The molecule has 2 aliphatic heterocycles. The number of benzene rings is 5. The first-order chi connectivity index (χ1) is 26.8. The van der Waals surface area contributed by atoms with Gasteiger partial charge in [0.15, 0.2) is 0 Å². The van der Waals surface area contributed by atoms with Gasteiger partial charge in [-0.05, 0) is 125 Å². The van der Waals surface area contributed by atoms with Crippen molar-refractivity contribution in [2.75, 3.05) is 18.9 Å². The van der Waals surface area contributed by atoms with E-state index in [1.165, 1.54) is 11.1 Å². The molecule has 280 valence electrons. The number of hydrogen-bond donors (Lipinski definition) is 3. The third-order valence-corrected chi connectivity index (χ3v) is 10.3. The summed E-state index contributed by atoms with van der Waals surface area (Å²) in [5, 5.41) is 12.3. The Kier molecular flexibility index (Phi) is 11.3. The Morgan fingerprint density at radius 2 is 1.45 bits per heavy atom. The minimum absolute atomic E-state index is 0.196. The third kappa shape index (κ3) is 8.41. The van der Waals surface area contributed by atoms with Crippen LogP contribution in [0.2, 0.25) is 0 Å². The SMILES string of the molecule is CC/C(=C(\c1ccc(O)cc1)c1ccc(OCCCCCOc2cc(-c3ccc4c(c3)CN(C3CCC(=O)NC3=O)C4=O)ccc2N)cc1)c1ccccc1. The Morgan fingerprint density at radius 1 is 0.782 bits per heavy atom. The van der Waals surface area contributed by atoms with E-state index in [4.69, 9.17) is 15.2 Å². The van der Waals surface area contributed by atoms with E-state index < -0.39 is 11.9 Å². The number of hydrogen-bond acceptors (Lipinski definition) is 7. The summed E-state index contributed by atoms with van der Waals surface area (Å²) < 4.78 is 12.2. The van der Waals surface area contributed by atoms with Crippen LogP contribution in [0.4, 0.5) is 5.69 Å². The lowest BCUT2D eigenvalue weighted by Crippen LogP contribution is -2.52. The summed E-state index contributed by atoms with van der Waals surface area (Å²) in [6.45, 7) is 3.58. The maximum absolute atomic E-state index is 13.1. The van der Waals surface area contributed by atoms with Crippen molar-refractivity contribution in [3.63, 3.8) is 0 Å². The highest BCUT2D eigenvalue weighted by Gasteiger charge is 2.39. The molecular weight excluding hydrogens is 691 g/mol. The number of carbonyl (C=O) groups is 3. The molecule has 0 radical (unpaired) electrons. The molecule has 2 aliphatic rings. The first-order valence-electron chi connectivity index (χ1n) is 18.9. The summed E-state index contributed by atoms with van der Waals surface area (Å²) in [7, 11) is 0. The number of fused-ring (bicyclic) bond motifs is 1. The number of carbonyl (C=O) groups excluding carboxylic acids is 3. The van der Waals surface area contributed by atoms with Crippen molar-refractivity contribution in [3.05, 3.63) is 143 Å². The van der Waals surface area contributed by atoms with E-state index in [2.05, 4.69) is 48.6 Å². The molecule has 1 saturated heterocycles. The lowest BCUT2D eigenvalue weighted by molar-refractivity contribution is -0.136. The molecule has 4 N–H and O–H groups in total. The van der Waals surface area contributed by atoms with Gasteiger partial charge in [0, 0.05) is 18.5 Å². The van der Waals surface area contributed by atoms with Crippen molar-refractivity contribution >= 4 is 34.6 Å². The molecule has 1 atom stereocenters. The topological polar surface area (TPSA) is 131 Å². The zero-order valence-corrected chi connectivity index (χ0v) is 30.9. The number of anilines is 1. The van der Waals surface area contributed by atoms with Crippen molar-refractivity contribution in [1.29, 1.82) is 0 Å². The van der Waals surface area contributed by atoms with Gasteiger partial charge in [0.2, 0.25) is 11.8 Å². The number of rotatable bonds is 14. The van der Waals surface area contributed by atoms with Crippen molar-refractivity contribution in [2.45, 2.75) is 58.0 Å². The summed E-state index contributed by atoms with van der Waals surface area (Å²) in [6, 6.07) is 36.7. The number of imide groups is 1. The van der Waals surface area contributed by atoms with Crippen LogP contribution >= 0.6 is 0 Å². The number of unbranched alkanes of at least 4 members (excludes halogenated alkanes) is 2. The standard InChI is InChI=1S/C46H45N3O6/c1-2-38(30-9-5-3-6-10-30)44(31-11-17-36(50)18-12-31)32-13-19-37(20-14-32)54-25-7-4-8-26-55-42-28-34(16-22-40(42)47)33-15-21-39-35(27-33)29-49(46(39)53)41-23-24-43(51)48-45(41)52/h3,5-6,9-22,27-28,41,50H,2,4,7-8,23-26,29,47H2,1H3,(H,48,51,52)/b44-38-. The largest absolute Gasteiger partial charge is 0.508 e. The molecule has 1 fully saturated rings. The number of nitrogens with two attached hydrogens (primary N) is 1. The second-order valence-electron chi connectivity index (χ2n) is 13.9. The van der Waals surface area contributed by atoms with Crippen LogP contribution in [0.1, 0.15) is 78.1 Å². The van der Waals surface area contributed by atoms with Crippen molar-refractivity contribution in [3.8, 4) is 28.4 Å². The minimum atomic E-state index is -0.648. The van der Waals surface area contributed by atoms with Gasteiger partial charge in [-0.2, -0.15) is 0 Å². The lowest BCUT2D eigenvalue weighted by Gasteiger charge is -2.29. The Balaban J connectivity index is 0.909. The maximum atomic E-state index is 13.1. The number of allylic oxidation sites excluding steroid dienone is 1. The molecule has 9 nitrogen and oxygen atoms in total. The van der Waals surface area contributed by atoms with Crippen LogP contribution in [0.3, 0.4) is 0 Å². The smallest absolute Gasteiger partial charge is 0.255 e. The van der Waals surface area contributed by atoms with E-state index in [0.29, 0.717) is 43.2 Å². The van der Waals surface area contributed by atoms with Crippen LogP contribution in [0.5, 0.6) is 17.2 Å². The summed E-state index contributed by atoms with van der Waals surface area (Å²) in [5.41, 5.74) is 15.7. The maximum Gasteiger partial charge on any atom is 0.255 e. The van der Waals surface area contributed by atoms with Crippen LogP contribution in [-0.4, -0.2) is 47.0 Å². The molecule has 3 amide bonds. The summed E-state index contributed by atoms with van der Waals surface area (Å²) in [6.07, 6.45) is 4.03. The Labute approximate surface area is 321 Å².